The van der Waals surface area contributed by atoms with E-state index in [4.69, 9.17) is 19.5 Å². The summed E-state index contributed by atoms with van der Waals surface area (Å²) in [4.78, 5) is 12.8. The zero-order chi connectivity index (χ0) is 29.3. The van der Waals surface area contributed by atoms with Gasteiger partial charge in [0.2, 0.25) is 5.91 Å². The molecule has 0 aliphatic carbocycles. The van der Waals surface area contributed by atoms with E-state index in [-0.39, 0.29) is 11.7 Å². The van der Waals surface area contributed by atoms with Crippen LogP contribution in [0.25, 0.3) is 5.69 Å². The van der Waals surface area contributed by atoms with Gasteiger partial charge in [-0.05, 0) is 72.3 Å². The summed E-state index contributed by atoms with van der Waals surface area (Å²) in [5, 5.41) is 21.4. The quantitative estimate of drug-likeness (QED) is 0.183. The Balaban J connectivity index is 1.40. The molecule has 10 heteroatoms. The number of methoxy groups -OCH3 is 2. The van der Waals surface area contributed by atoms with E-state index in [2.05, 4.69) is 21.6 Å². The molecule has 0 unspecified atom stereocenters. The van der Waals surface area contributed by atoms with Gasteiger partial charge in [0, 0.05) is 17.8 Å². The Kier molecular flexibility index (Phi) is 9.01. The van der Waals surface area contributed by atoms with E-state index in [9.17, 15) is 4.79 Å². The molecule has 210 valence electrons. The van der Waals surface area contributed by atoms with Gasteiger partial charge in [0.25, 0.3) is 0 Å². The molecule has 42 heavy (non-hydrogen) atoms. The van der Waals surface area contributed by atoms with E-state index in [1.165, 1.54) is 11.8 Å². The monoisotopic (exact) mass is 577 g/mol. The van der Waals surface area contributed by atoms with Gasteiger partial charge in [0.1, 0.15) is 17.3 Å². The zero-order valence-corrected chi connectivity index (χ0v) is 23.8. The topological polar surface area (TPSA) is 111 Å². The fourth-order valence-corrected chi connectivity index (χ4v) is 4.99. The number of aromatic nitrogens is 3. The smallest absolute Gasteiger partial charge is 0.234 e. The maximum Gasteiger partial charge on any atom is 0.234 e. The molecule has 0 radical (unpaired) electrons. The Hall–Kier alpha value is -5.27. The van der Waals surface area contributed by atoms with E-state index in [1.807, 2.05) is 77.4 Å². The molecule has 1 amide bonds. The molecule has 0 saturated carbocycles. The van der Waals surface area contributed by atoms with E-state index >= 15 is 0 Å². The number of anilines is 1. The molecule has 5 rings (SSSR count). The highest BCUT2D eigenvalue weighted by Gasteiger charge is 2.18. The number of para-hydroxylation sites is 1. The van der Waals surface area contributed by atoms with Crippen LogP contribution >= 0.6 is 11.8 Å². The first kappa shape index (κ1) is 28.3. The van der Waals surface area contributed by atoms with Gasteiger partial charge >= 0.3 is 0 Å². The second-order valence-electron chi connectivity index (χ2n) is 9.04. The second-order valence-corrected chi connectivity index (χ2v) is 9.98. The summed E-state index contributed by atoms with van der Waals surface area (Å²) in [6, 6.07) is 31.7. The van der Waals surface area contributed by atoms with Gasteiger partial charge in [-0.3, -0.25) is 9.36 Å². The first-order valence-corrected chi connectivity index (χ1v) is 14.0. The Bertz CT molecular complexity index is 1720. The molecule has 0 atom stereocenters. The van der Waals surface area contributed by atoms with E-state index in [0.29, 0.717) is 45.9 Å². The third-order valence-electron chi connectivity index (χ3n) is 6.19. The number of carbonyl (C=O) groups is 1. The van der Waals surface area contributed by atoms with Crippen LogP contribution in [0.5, 0.6) is 23.0 Å². The number of nitriles is 1. The molecule has 0 bridgehead atoms. The summed E-state index contributed by atoms with van der Waals surface area (Å²) in [5.74, 6) is 3.25. The highest BCUT2D eigenvalue weighted by Crippen LogP contribution is 2.30. The van der Waals surface area contributed by atoms with Crippen molar-refractivity contribution in [3.05, 3.63) is 114 Å². The number of ether oxygens (including phenoxy) is 3. The number of hydrogen-bond acceptors (Lipinski definition) is 8. The summed E-state index contributed by atoms with van der Waals surface area (Å²) < 4.78 is 18.7. The Labute approximate surface area is 247 Å². The number of amides is 1. The number of nitrogens with zero attached hydrogens (tertiary/aromatic N) is 4. The second kappa shape index (κ2) is 13.4. The Morgan fingerprint density at radius 1 is 0.881 bits per heavy atom. The van der Waals surface area contributed by atoms with E-state index < -0.39 is 0 Å². The molecule has 1 N–H and O–H groups in total. The minimum Gasteiger partial charge on any atom is -0.493 e. The van der Waals surface area contributed by atoms with Crippen molar-refractivity contribution in [2.24, 2.45) is 0 Å². The lowest BCUT2D eigenvalue weighted by molar-refractivity contribution is -0.113. The molecule has 1 heterocycles. The average Bonchev–Trinajstić information content (AvgIpc) is 3.43. The normalized spacial score (nSPS) is 10.5. The number of thioether (sulfide) groups is 1. The van der Waals surface area contributed by atoms with Gasteiger partial charge in [-0.25, -0.2) is 0 Å². The summed E-state index contributed by atoms with van der Waals surface area (Å²) in [7, 11) is 3.19. The molecule has 5 aromatic rings. The largest absolute Gasteiger partial charge is 0.493 e. The number of nitrogens with one attached hydrogen (secondary N) is 1. The van der Waals surface area contributed by atoms with Crippen LogP contribution in [0.4, 0.5) is 5.69 Å². The maximum atomic E-state index is 12.8. The summed E-state index contributed by atoms with van der Waals surface area (Å²) in [6.45, 7) is 0. The van der Waals surface area contributed by atoms with Crippen LogP contribution in [0.3, 0.4) is 0 Å². The number of rotatable bonds is 11. The molecular formula is C32H27N5O4S. The van der Waals surface area contributed by atoms with Gasteiger partial charge in [-0.1, -0.05) is 42.1 Å². The van der Waals surface area contributed by atoms with Crippen LogP contribution in [-0.2, 0) is 11.2 Å². The van der Waals surface area contributed by atoms with Crippen LogP contribution in [0.1, 0.15) is 17.0 Å². The molecule has 0 spiro atoms. The van der Waals surface area contributed by atoms with Crippen LogP contribution in [0.2, 0.25) is 0 Å². The van der Waals surface area contributed by atoms with Crippen molar-refractivity contribution in [1.29, 1.82) is 5.26 Å². The maximum absolute atomic E-state index is 12.8. The third kappa shape index (κ3) is 6.89. The number of carbonyl (C=O) groups excluding carboxylic acids is 1. The van der Waals surface area contributed by atoms with Gasteiger partial charge in [0.15, 0.2) is 16.7 Å². The standard InChI is InChI=1S/C32H27N5O4S/c1-39-28-16-11-22(18-29(28)40-2)19-30-35-36-32(42-21-31(38)34-24-8-6-7-23(17-24)20-33)37(30)25-12-14-27(15-13-25)41-26-9-4-3-5-10-26/h3-18H,19,21H2,1-2H3,(H,34,38). The molecule has 9 nitrogen and oxygen atoms in total. The van der Waals surface area contributed by atoms with Crippen molar-refractivity contribution < 1.29 is 19.0 Å². The van der Waals surface area contributed by atoms with Gasteiger partial charge in [0.05, 0.1) is 31.6 Å². The van der Waals surface area contributed by atoms with Crippen LogP contribution < -0.4 is 19.5 Å². The summed E-state index contributed by atoms with van der Waals surface area (Å²) in [5.41, 5.74) is 2.81. The van der Waals surface area contributed by atoms with Gasteiger partial charge < -0.3 is 19.5 Å². The zero-order valence-electron chi connectivity index (χ0n) is 23.0. The molecule has 1 aromatic heterocycles. The highest BCUT2D eigenvalue weighted by atomic mass is 32.2. The molecular weight excluding hydrogens is 550 g/mol. The van der Waals surface area contributed by atoms with Crippen molar-refractivity contribution in [2.75, 3.05) is 25.3 Å². The van der Waals surface area contributed by atoms with Crippen molar-refractivity contribution in [3.63, 3.8) is 0 Å². The summed E-state index contributed by atoms with van der Waals surface area (Å²) in [6.07, 6.45) is 0.462. The molecule has 0 aliphatic heterocycles. The number of benzene rings is 4. The number of hydrogen-bond donors (Lipinski definition) is 1. The van der Waals surface area contributed by atoms with E-state index in [1.54, 1.807) is 38.5 Å². The van der Waals surface area contributed by atoms with Crippen LogP contribution in [0.15, 0.2) is 102 Å². The molecule has 0 saturated heterocycles. The van der Waals surface area contributed by atoms with E-state index in [0.717, 1.165) is 17.0 Å². The van der Waals surface area contributed by atoms with Crippen LogP contribution in [-0.4, -0.2) is 40.6 Å². The fraction of sp³-hybridized carbons (Fsp3) is 0.125. The first-order valence-electron chi connectivity index (χ1n) is 13.0. The lowest BCUT2D eigenvalue weighted by Crippen LogP contribution is -2.14. The predicted molar refractivity (Wildman–Crippen MR) is 161 cm³/mol. The third-order valence-corrected chi connectivity index (χ3v) is 7.12. The van der Waals surface area contributed by atoms with Crippen molar-refractivity contribution in [2.45, 2.75) is 11.6 Å². The minimum atomic E-state index is -0.224. The average molecular weight is 578 g/mol. The van der Waals surface area contributed by atoms with Crippen molar-refractivity contribution >= 4 is 23.4 Å². The predicted octanol–water partition coefficient (Wildman–Crippen LogP) is 6.27. The lowest BCUT2D eigenvalue weighted by Gasteiger charge is -2.13. The lowest BCUT2D eigenvalue weighted by atomic mass is 10.1. The molecule has 4 aromatic carbocycles. The van der Waals surface area contributed by atoms with Crippen LogP contribution in [0, 0.1) is 11.3 Å². The molecule has 0 fully saturated rings. The van der Waals surface area contributed by atoms with Crippen molar-refractivity contribution in [1.82, 2.24) is 14.8 Å². The van der Waals surface area contributed by atoms with Gasteiger partial charge in [-0.15, -0.1) is 10.2 Å². The highest BCUT2D eigenvalue weighted by molar-refractivity contribution is 7.99. The SMILES string of the molecule is COc1ccc(Cc2nnc(SCC(=O)Nc3cccc(C#N)c3)n2-c2ccc(Oc3ccccc3)cc2)cc1OC. The Morgan fingerprint density at radius 2 is 1.64 bits per heavy atom. The summed E-state index contributed by atoms with van der Waals surface area (Å²) >= 11 is 1.27. The van der Waals surface area contributed by atoms with Crippen molar-refractivity contribution in [3.8, 4) is 34.8 Å². The van der Waals surface area contributed by atoms with Gasteiger partial charge in [-0.2, -0.15) is 5.26 Å². The fourth-order valence-electron chi connectivity index (χ4n) is 4.22. The minimum absolute atomic E-state index is 0.0977. The molecule has 0 aliphatic rings. The first-order chi connectivity index (χ1) is 20.6. The Morgan fingerprint density at radius 3 is 2.38 bits per heavy atom.